The highest BCUT2D eigenvalue weighted by molar-refractivity contribution is 5.71. The van der Waals surface area contributed by atoms with Crippen molar-refractivity contribution in [2.24, 2.45) is 5.92 Å². The zero-order chi connectivity index (χ0) is 42.4. The first-order valence-corrected chi connectivity index (χ1v) is 25.9. The number of carbonyl (C=O) groups is 3. The third-order valence-corrected chi connectivity index (χ3v) is 11.8. The minimum atomic E-state index is -0.760. The van der Waals surface area contributed by atoms with Crippen LogP contribution in [0.3, 0.4) is 0 Å². The van der Waals surface area contributed by atoms with Gasteiger partial charge < -0.3 is 14.2 Å². The molecular weight excluding hydrogens is 721 g/mol. The number of esters is 3. The Bertz CT molecular complexity index is 872. The van der Waals surface area contributed by atoms with E-state index in [1.165, 1.54) is 186 Å². The Labute approximate surface area is 361 Å². The highest BCUT2D eigenvalue weighted by Crippen LogP contribution is 2.17. The number of rotatable bonds is 47. The summed E-state index contributed by atoms with van der Waals surface area (Å²) in [5.74, 6) is -0.0502. The SMILES string of the molecule is CCCCCCCCCCCCCCCCCCCC(=O)OC[C@@H](COC(=O)CCCCCCCCCCC(C)C)OC(=O)CCCCCCCCCCCCCC. The molecule has 0 aromatic heterocycles. The van der Waals surface area contributed by atoms with Crippen molar-refractivity contribution in [1.29, 1.82) is 0 Å². The monoisotopic (exact) mass is 821 g/mol. The minimum Gasteiger partial charge on any atom is -0.462 e. The van der Waals surface area contributed by atoms with E-state index in [4.69, 9.17) is 14.2 Å². The molecule has 0 aromatic rings. The summed E-state index contributed by atoms with van der Waals surface area (Å²) in [6, 6.07) is 0. The lowest BCUT2D eigenvalue weighted by atomic mass is 10.0. The highest BCUT2D eigenvalue weighted by Gasteiger charge is 2.19. The first-order valence-electron chi connectivity index (χ1n) is 25.9. The predicted octanol–water partition coefficient (Wildman–Crippen LogP) is 16.7. The molecule has 0 bridgehead atoms. The normalized spacial score (nSPS) is 11.9. The van der Waals surface area contributed by atoms with Gasteiger partial charge in [0.05, 0.1) is 0 Å². The number of hydrogen-bond donors (Lipinski definition) is 0. The van der Waals surface area contributed by atoms with E-state index in [2.05, 4.69) is 27.7 Å². The molecule has 0 unspecified atom stereocenters. The van der Waals surface area contributed by atoms with Crippen molar-refractivity contribution in [3.8, 4) is 0 Å². The zero-order valence-corrected chi connectivity index (χ0v) is 39.5. The van der Waals surface area contributed by atoms with Gasteiger partial charge in [-0.15, -0.1) is 0 Å². The molecular formula is C52H100O6. The second-order valence-electron chi connectivity index (χ2n) is 18.3. The maximum atomic E-state index is 12.8. The molecule has 6 nitrogen and oxygen atoms in total. The quantitative estimate of drug-likeness (QED) is 0.0346. The minimum absolute atomic E-state index is 0.0631. The molecule has 0 heterocycles. The van der Waals surface area contributed by atoms with Gasteiger partial charge in [0.25, 0.3) is 0 Å². The first kappa shape index (κ1) is 56.4. The summed E-state index contributed by atoms with van der Waals surface area (Å²) in [6.07, 6.45) is 48.1. The van der Waals surface area contributed by atoms with E-state index < -0.39 is 6.10 Å². The molecule has 0 spiro atoms. The molecule has 0 N–H and O–H groups in total. The van der Waals surface area contributed by atoms with Crippen LogP contribution in [-0.4, -0.2) is 37.2 Å². The van der Waals surface area contributed by atoms with Crippen molar-refractivity contribution in [2.45, 2.75) is 297 Å². The van der Waals surface area contributed by atoms with Gasteiger partial charge in [-0.05, 0) is 25.2 Å². The molecule has 0 radical (unpaired) electrons. The molecule has 58 heavy (non-hydrogen) atoms. The van der Waals surface area contributed by atoms with E-state index in [1.807, 2.05) is 0 Å². The van der Waals surface area contributed by atoms with Crippen LogP contribution in [0, 0.1) is 5.92 Å². The van der Waals surface area contributed by atoms with E-state index in [0.717, 1.165) is 63.7 Å². The fourth-order valence-electron chi connectivity index (χ4n) is 7.86. The van der Waals surface area contributed by atoms with Crippen LogP contribution in [0.25, 0.3) is 0 Å². The molecule has 1 atom stereocenters. The average Bonchev–Trinajstić information content (AvgIpc) is 3.21. The van der Waals surface area contributed by atoms with Crippen molar-refractivity contribution >= 4 is 17.9 Å². The van der Waals surface area contributed by atoms with Gasteiger partial charge in [0.15, 0.2) is 6.10 Å². The molecule has 0 rings (SSSR count). The van der Waals surface area contributed by atoms with Crippen LogP contribution in [0.2, 0.25) is 0 Å². The summed E-state index contributed by atoms with van der Waals surface area (Å²) < 4.78 is 16.8. The van der Waals surface area contributed by atoms with Gasteiger partial charge >= 0.3 is 17.9 Å². The average molecular weight is 821 g/mol. The Morgan fingerprint density at radius 1 is 0.328 bits per heavy atom. The Hall–Kier alpha value is -1.59. The van der Waals surface area contributed by atoms with Gasteiger partial charge in [-0.1, -0.05) is 252 Å². The molecule has 6 heteroatoms. The van der Waals surface area contributed by atoms with Crippen LogP contribution in [-0.2, 0) is 28.6 Å². The Morgan fingerprint density at radius 2 is 0.569 bits per heavy atom. The molecule has 0 aromatic carbocycles. The lowest BCUT2D eigenvalue weighted by molar-refractivity contribution is -0.167. The molecule has 0 amide bonds. The molecule has 0 aliphatic carbocycles. The van der Waals surface area contributed by atoms with Crippen LogP contribution < -0.4 is 0 Å². The van der Waals surface area contributed by atoms with E-state index >= 15 is 0 Å². The molecule has 0 aliphatic heterocycles. The summed E-state index contributed by atoms with van der Waals surface area (Å²) in [7, 11) is 0. The van der Waals surface area contributed by atoms with E-state index in [0.29, 0.717) is 19.3 Å². The number of hydrogen-bond acceptors (Lipinski definition) is 6. The van der Waals surface area contributed by atoms with Crippen LogP contribution in [0.5, 0.6) is 0 Å². The second-order valence-corrected chi connectivity index (χ2v) is 18.3. The van der Waals surface area contributed by atoms with Crippen LogP contribution in [0.15, 0.2) is 0 Å². The maximum Gasteiger partial charge on any atom is 0.306 e. The Kier molecular flexibility index (Phi) is 45.2. The topological polar surface area (TPSA) is 78.9 Å². The number of ether oxygens (including phenoxy) is 3. The second kappa shape index (κ2) is 46.5. The predicted molar refractivity (Wildman–Crippen MR) is 247 cm³/mol. The third kappa shape index (κ3) is 45.5. The van der Waals surface area contributed by atoms with Crippen LogP contribution in [0.1, 0.15) is 291 Å². The largest absolute Gasteiger partial charge is 0.462 e. The Balaban J connectivity index is 4.27. The molecule has 0 saturated carbocycles. The summed E-state index contributed by atoms with van der Waals surface area (Å²) in [5, 5.41) is 0. The van der Waals surface area contributed by atoms with Gasteiger partial charge in [-0.3, -0.25) is 14.4 Å². The van der Waals surface area contributed by atoms with E-state index in [9.17, 15) is 14.4 Å². The van der Waals surface area contributed by atoms with Crippen molar-refractivity contribution in [2.75, 3.05) is 13.2 Å². The highest BCUT2D eigenvalue weighted by atomic mass is 16.6. The lowest BCUT2D eigenvalue weighted by Crippen LogP contribution is -2.30. The molecule has 344 valence electrons. The van der Waals surface area contributed by atoms with Crippen molar-refractivity contribution in [3.05, 3.63) is 0 Å². The van der Waals surface area contributed by atoms with E-state index in [1.54, 1.807) is 0 Å². The van der Waals surface area contributed by atoms with Gasteiger partial charge in [0.2, 0.25) is 0 Å². The molecule has 0 aliphatic rings. The standard InChI is InChI=1S/C52H100O6/c1-5-7-9-11-13-15-17-19-20-21-22-23-25-26-31-35-39-43-50(53)56-46-49(47-57-51(54)44-40-36-32-29-28-30-34-38-42-48(3)4)58-52(55)45-41-37-33-27-24-18-16-14-12-10-8-6-2/h48-49H,5-47H2,1-4H3/t49-/m0/s1. The van der Waals surface area contributed by atoms with Gasteiger partial charge in [0, 0.05) is 19.3 Å². The van der Waals surface area contributed by atoms with Gasteiger partial charge in [-0.2, -0.15) is 0 Å². The molecule has 0 fully saturated rings. The summed E-state index contributed by atoms with van der Waals surface area (Å²) in [5.41, 5.74) is 0. The maximum absolute atomic E-state index is 12.8. The van der Waals surface area contributed by atoms with Crippen LogP contribution in [0.4, 0.5) is 0 Å². The smallest absolute Gasteiger partial charge is 0.306 e. The fourth-order valence-corrected chi connectivity index (χ4v) is 7.86. The first-order chi connectivity index (χ1) is 28.4. The Morgan fingerprint density at radius 3 is 0.845 bits per heavy atom. The fraction of sp³-hybridized carbons (Fsp3) is 0.942. The summed E-state index contributed by atoms with van der Waals surface area (Å²) in [4.78, 5) is 37.9. The van der Waals surface area contributed by atoms with E-state index in [-0.39, 0.29) is 31.1 Å². The molecule has 0 saturated heterocycles. The van der Waals surface area contributed by atoms with Crippen LogP contribution >= 0.6 is 0 Å². The third-order valence-electron chi connectivity index (χ3n) is 11.8. The number of carbonyl (C=O) groups excluding carboxylic acids is 3. The zero-order valence-electron chi connectivity index (χ0n) is 39.5. The van der Waals surface area contributed by atoms with Crippen molar-refractivity contribution < 1.29 is 28.6 Å². The number of unbranched alkanes of at least 4 members (excludes halogenated alkanes) is 34. The van der Waals surface area contributed by atoms with Gasteiger partial charge in [-0.25, -0.2) is 0 Å². The summed E-state index contributed by atoms with van der Waals surface area (Å²) >= 11 is 0. The summed E-state index contributed by atoms with van der Waals surface area (Å²) in [6.45, 7) is 8.99. The van der Waals surface area contributed by atoms with Gasteiger partial charge in [0.1, 0.15) is 13.2 Å². The lowest BCUT2D eigenvalue weighted by Gasteiger charge is -2.18. The van der Waals surface area contributed by atoms with Crippen molar-refractivity contribution in [3.63, 3.8) is 0 Å². The van der Waals surface area contributed by atoms with Crippen molar-refractivity contribution in [1.82, 2.24) is 0 Å².